The molecule has 0 bridgehead atoms. The summed E-state index contributed by atoms with van der Waals surface area (Å²) in [4.78, 5) is 16.7. The van der Waals surface area contributed by atoms with Gasteiger partial charge >= 0.3 is 0 Å². The predicted molar refractivity (Wildman–Crippen MR) is 87.1 cm³/mol. The molecule has 5 heteroatoms. The van der Waals surface area contributed by atoms with Crippen molar-refractivity contribution in [2.75, 3.05) is 13.7 Å². The number of aromatic nitrogens is 1. The van der Waals surface area contributed by atoms with E-state index in [1.807, 2.05) is 37.3 Å². The maximum atomic E-state index is 12.6. The molecular weight excluding hydrogens is 292 g/mol. The zero-order valence-corrected chi connectivity index (χ0v) is 13.1. The number of amides is 1. The molecule has 0 fully saturated rings. The van der Waals surface area contributed by atoms with Crippen LogP contribution in [0.4, 0.5) is 0 Å². The minimum atomic E-state index is -0.622. The van der Waals surface area contributed by atoms with Crippen molar-refractivity contribution in [1.82, 2.24) is 10.3 Å². The number of carbonyl (C=O) groups excluding carboxylic acids is 1. The van der Waals surface area contributed by atoms with E-state index in [0.29, 0.717) is 17.8 Å². The monoisotopic (exact) mass is 310 g/mol. The Kier molecular flexibility index (Phi) is 4.12. The first kappa shape index (κ1) is 15.2. The van der Waals surface area contributed by atoms with Crippen molar-refractivity contribution in [2.45, 2.75) is 12.5 Å². The number of fused-ring (bicyclic) bond motifs is 1. The minimum Gasteiger partial charge on any atom is -0.443 e. The largest absolute Gasteiger partial charge is 0.443 e. The number of hydrogen-bond donors (Lipinski definition) is 1. The van der Waals surface area contributed by atoms with E-state index in [4.69, 9.17) is 9.15 Å². The van der Waals surface area contributed by atoms with Gasteiger partial charge in [0.2, 0.25) is 0 Å². The lowest BCUT2D eigenvalue weighted by molar-refractivity contribution is 0.0786. The summed E-state index contributed by atoms with van der Waals surface area (Å²) < 4.78 is 10.6. The van der Waals surface area contributed by atoms with E-state index < -0.39 is 5.54 Å². The van der Waals surface area contributed by atoms with Crippen LogP contribution in [0.1, 0.15) is 22.8 Å². The molecule has 3 aromatic rings. The highest BCUT2D eigenvalue weighted by Crippen LogP contribution is 2.22. The number of nitrogens with zero attached hydrogens (tertiary/aromatic N) is 1. The standard InChI is InChI=1S/C18H18N2O3/c1-18(11-22-2,14-6-4-3-5-7-14)20-17(21)13-8-9-15-16(10-13)23-12-19-15/h3-10,12H,11H2,1-2H3,(H,20,21)/t18-/m1/s1. The van der Waals surface area contributed by atoms with Gasteiger partial charge in [-0.2, -0.15) is 0 Å². The Labute approximate surface area is 134 Å². The van der Waals surface area contributed by atoms with Gasteiger partial charge in [0, 0.05) is 12.7 Å². The van der Waals surface area contributed by atoms with Crippen LogP contribution in [0.2, 0.25) is 0 Å². The van der Waals surface area contributed by atoms with Crippen LogP contribution < -0.4 is 5.32 Å². The van der Waals surface area contributed by atoms with Crippen LogP contribution in [-0.2, 0) is 10.3 Å². The zero-order chi connectivity index (χ0) is 16.3. The van der Waals surface area contributed by atoms with Crippen LogP contribution in [0, 0.1) is 0 Å². The lowest BCUT2D eigenvalue weighted by Crippen LogP contribution is -2.46. The summed E-state index contributed by atoms with van der Waals surface area (Å²) in [6, 6.07) is 15.0. The van der Waals surface area contributed by atoms with E-state index >= 15 is 0 Å². The molecule has 0 aliphatic heterocycles. The molecule has 0 saturated carbocycles. The fourth-order valence-corrected chi connectivity index (χ4v) is 2.61. The van der Waals surface area contributed by atoms with Crippen molar-refractivity contribution in [2.24, 2.45) is 0 Å². The summed E-state index contributed by atoms with van der Waals surface area (Å²) in [7, 11) is 1.62. The third-order valence-corrected chi connectivity index (χ3v) is 3.83. The molecule has 23 heavy (non-hydrogen) atoms. The second-order valence-corrected chi connectivity index (χ2v) is 5.62. The smallest absolute Gasteiger partial charge is 0.252 e. The van der Waals surface area contributed by atoms with Gasteiger partial charge in [-0.1, -0.05) is 30.3 Å². The van der Waals surface area contributed by atoms with Crippen LogP contribution in [0.15, 0.2) is 59.3 Å². The molecule has 0 aliphatic carbocycles. The number of rotatable bonds is 5. The molecule has 0 saturated heterocycles. The quantitative estimate of drug-likeness (QED) is 0.786. The minimum absolute atomic E-state index is 0.188. The second-order valence-electron chi connectivity index (χ2n) is 5.62. The summed E-state index contributed by atoms with van der Waals surface area (Å²) in [6.07, 6.45) is 1.37. The molecule has 1 N–H and O–H groups in total. The molecule has 5 nitrogen and oxygen atoms in total. The maximum Gasteiger partial charge on any atom is 0.252 e. The molecule has 0 spiro atoms. The van der Waals surface area contributed by atoms with Gasteiger partial charge in [-0.25, -0.2) is 4.98 Å². The van der Waals surface area contributed by atoms with E-state index in [1.54, 1.807) is 25.3 Å². The van der Waals surface area contributed by atoms with Gasteiger partial charge in [0.15, 0.2) is 12.0 Å². The molecule has 118 valence electrons. The number of oxazole rings is 1. The Hall–Kier alpha value is -2.66. The number of ether oxygens (including phenoxy) is 1. The van der Waals surface area contributed by atoms with E-state index in [1.165, 1.54) is 6.39 Å². The highest BCUT2D eigenvalue weighted by Gasteiger charge is 2.29. The first-order valence-corrected chi connectivity index (χ1v) is 7.32. The first-order chi connectivity index (χ1) is 11.1. The number of methoxy groups -OCH3 is 1. The van der Waals surface area contributed by atoms with E-state index in [-0.39, 0.29) is 5.91 Å². The van der Waals surface area contributed by atoms with Crippen molar-refractivity contribution >= 4 is 17.0 Å². The molecule has 1 amide bonds. The molecule has 1 atom stereocenters. The molecule has 1 heterocycles. The van der Waals surface area contributed by atoms with Gasteiger partial charge < -0.3 is 14.5 Å². The van der Waals surface area contributed by atoms with Crippen molar-refractivity contribution in [3.8, 4) is 0 Å². The lowest BCUT2D eigenvalue weighted by atomic mass is 9.92. The third-order valence-electron chi connectivity index (χ3n) is 3.83. The Morgan fingerprint density at radius 1 is 1.26 bits per heavy atom. The SMILES string of the molecule is COC[C@@](C)(NC(=O)c1ccc2ncoc2c1)c1ccccc1. The van der Waals surface area contributed by atoms with Crippen molar-refractivity contribution in [1.29, 1.82) is 0 Å². The van der Waals surface area contributed by atoms with Crippen LogP contribution >= 0.6 is 0 Å². The summed E-state index contributed by atoms with van der Waals surface area (Å²) in [5.74, 6) is -0.188. The Balaban J connectivity index is 1.88. The van der Waals surface area contributed by atoms with Crippen LogP contribution in [-0.4, -0.2) is 24.6 Å². The Bertz CT molecular complexity index is 813. The Morgan fingerprint density at radius 2 is 2.04 bits per heavy atom. The van der Waals surface area contributed by atoms with Gasteiger partial charge in [0.1, 0.15) is 5.52 Å². The van der Waals surface area contributed by atoms with E-state index in [9.17, 15) is 4.79 Å². The fraction of sp³-hybridized carbons (Fsp3) is 0.222. The van der Waals surface area contributed by atoms with Gasteiger partial charge in [-0.3, -0.25) is 4.79 Å². The number of carbonyl (C=O) groups is 1. The van der Waals surface area contributed by atoms with E-state index in [0.717, 1.165) is 11.1 Å². The third kappa shape index (κ3) is 3.10. The second kappa shape index (κ2) is 6.22. The molecule has 2 aromatic carbocycles. The summed E-state index contributed by atoms with van der Waals surface area (Å²) in [5, 5.41) is 3.06. The average molecular weight is 310 g/mol. The van der Waals surface area contributed by atoms with Crippen molar-refractivity contribution < 1.29 is 13.9 Å². The van der Waals surface area contributed by atoms with Gasteiger partial charge in [0.25, 0.3) is 5.91 Å². The number of hydrogen-bond acceptors (Lipinski definition) is 4. The molecule has 0 aliphatic rings. The molecule has 1 aromatic heterocycles. The first-order valence-electron chi connectivity index (χ1n) is 7.32. The van der Waals surface area contributed by atoms with Gasteiger partial charge in [-0.05, 0) is 30.7 Å². The molecule has 3 rings (SSSR count). The highest BCUT2D eigenvalue weighted by molar-refractivity contribution is 5.97. The average Bonchev–Trinajstić information content (AvgIpc) is 3.03. The number of nitrogens with one attached hydrogen (secondary N) is 1. The lowest BCUT2D eigenvalue weighted by Gasteiger charge is -2.30. The summed E-state index contributed by atoms with van der Waals surface area (Å²) >= 11 is 0. The van der Waals surface area contributed by atoms with E-state index in [2.05, 4.69) is 10.3 Å². The van der Waals surface area contributed by atoms with Gasteiger partial charge in [0.05, 0.1) is 12.1 Å². The van der Waals surface area contributed by atoms with Crippen molar-refractivity contribution in [3.63, 3.8) is 0 Å². The number of benzene rings is 2. The van der Waals surface area contributed by atoms with Gasteiger partial charge in [-0.15, -0.1) is 0 Å². The summed E-state index contributed by atoms with van der Waals surface area (Å²) in [6.45, 7) is 2.31. The van der Waals surface area contributed by atoms with Crippen molar-refractivity contribution in [3.05, 3.63) is 66.1 Å². The topological polar surface area (TPSA) is 64.4 Å². The maximum absolute atomic E-state index is 12.6. The zero-order valence-electron chi connectivity index (χ0n) is 13.1. The van der Waals surface area contributed by atoms with Crippen LogP contribution in [0.3, 0.4) is 0 Å². The highest BCUT2D eigenvalue weighted by atomic mass is 16.5. The molecule has 0 radical (unpaired) electrons. The fourth-order valence-electron chi connectivity index (χ4n) is 2.61. The van der Waals surface area contributed by atoms with Crippen LogP contribution in [0.25, 0.3) is 11.1 Å². The molecule has 0 unspecified atom stereocenters. The molecular formula is C18H18N2O3. The van der Waals surface area contributed by atoms with Crippen LogP contribution in [0.5, 0.6) is 0 Å². The summed E-state index contributed by atoms with van der Waals surface area (Å²) in [5.41, 5.74) is 2.20. The predicted octanol–water partition coefficient (Wildman–Crippen LogP) is 3.12. The Morgan fingerprint density at radius 3 is 2.78 bits per heavy atom. The normalized spacial score (nSPS) is 13.7.